The topological polar surface area (TPSA) is 56.8 Å². The van der Waals surface area contributed by atoms with Gasteiger partial charge in [0.05, 0.1) is 0 Å². The van der Waals surface area contributed by atoms with E-state index in [4.69, 9.17) is 0 Å². The number of carbonyl (C=O) groups is 2. The molecule has 0 saturated carbocycles. The van der Waals surface area contributed by atoms with Gasteiger partial charge in [0.15, 0.2) is 5.13 Å². The van der Waals surface area contributed by atoms with Gasteiger partial charge in [0, 0.05) is 62.3 Å². The van der Waals surface area contributed by atoms with E-state index in [1.165, 1.54) is 0 Å². The molecule has 0 N–H and O–H groups in total. The smallest absolute Gasteiger partial charge is 0.253 e. The molecule has 2 aliphatic rings. The van der Waals surface area contributed by atoms with Crippen molar-refractivity contribution < 1.29 is 9.59 Å². The quantitative estimate of drug-likeness (QED) is 0.815. The number of hydrogen-bond acceptors (Lipinski definition) is 5. The van der Waals surface area contributed by atoms with Crippen LogP contribution in [-0.4, -0.2) is 65.9 Å². The first-order valence-corrected chi connectivity index (χ1v) is 10.4. The number of piperazine rings is 1. The van der Waals surface area contributed by atoms with Gasteiger partial charge in [-0.25, -0.2) is 4.98 Å². The third kappa shape index (κ3) is 3.98. The van der Waals surface area contributed by atoms with Crippen molar-refractivity contribution in [3.63, 3.8) is 0 Å². The van der Waals surface area contributed by atoms with Crippen LogP contribution in [0.3, 0.4) is 0 Å². The van der Waals surface area contributed by atoms with Crippen molar-refractivity contribution in [2.45, 2.75) is 12.8 Å². The second-order valence-corrected chi connectivity index (χ2v) is 7.93. The summed E-state index contributed by atoms with van der Waals surface area (Å²) >= 11 is 1.64. The van der Waals surface area contributed by atoms with E-state index >= 15 is 0 Å². The summed E-state index contributed by atoms with van der Waals surface area (Å²) in [6.07, 6.45) is 3.33. The summed E-state index contributed by atoms with van der Waals surface area (Å²) in [5.41, 5.74) is 0.723. The summed E-state index contributed by atoms with van der Waals surface area (Å²) in [6, 6.07) is 9.38. The molecule has 3 heterocycles. The third-order valence-corrected chi connectivity index (χ3v) is 6.27. The SMILES string of the molecule is O=C(c1ccccc1)N1CCC(C(=O)N2CCN(c3nccs3)CC2)CC1. The van der Waals surface area contributed by atoms with Gasteiger partial charge in [0.25, 0.3) is 5.91 Å². The van der Waals surface area contributed by atoms with Gasteiger partial charge in [-0.05, 0) is 25.0 Å². The third-order valence-electron chi connectivity index (χ3n) is 5.43. The monoisotopic (exact) mass is 384 g/mol. The van der Waals surface area contributed by atoms with Crippen LogP contribution in [-0.2, 0) is 4.79 Å². The molecule has 7 heteroatoms. The number of carbonyl (C=O) groups excluding carboxylic acids is 2. The van der Waals surface area contributed by atoms with Crippen LogP contribution in [0.15, 0.2) is 41.9 Å². The van der Waals surface area contributed by atoms with Crippen LogP contribution in [0.5, 0.6) is 0 Å². The van der Waals surface area contributed by atoms with Crippen molar-refractivity contribution >= 4 is 28.3 Å². The molecule has 0 unspecified atom stereocenters. The normalized spacial score (nSPS) is 18.6. The van der Waals surface area contributed by atoms with Crippen molar-refractivity contribution in [3.05, 3.63) is 47.5 Å². The van der Waals surface area contributed by atoms with Gasteiger partial charge in [0.2, 0.25) is 5.91 Å². The Morgan fingerprint density at radius 3 is 2.26 bits per heavy atom. The van der Waals surface area contributed by atoms with E-state index < -0.39 is 0 Å². The minimum absolute atomic E-state index is 0.0382. The lowest BCUT2D eigenvalue weighted by atomic mass is 9.94. The van der Waals surface area contributed by atoms with E-state index in [9.17, 15) is 9.59 Å². The largest absolute Gasteiger partial charge is 0.345 e. The highest BCUT2D eigenvalue weighted by atomic mass is 32.1. The Bertz CT molecular complexity index is 765. The molecule has 2 saturated heterocycles. The standard InChI is InChI=1S/C20H24N4O2S/c25-18(16-4-2-1-3-5-16)22-9-6-17(7-10-22)19(26)23-11-13-24(14-12-23)20-21-8-15-27-20/h1-5,8,15,17H,6-7,9-14H2. The highest BCUT2D eigenvalue weighted by Crippen LogP contribution is 2.23. The van der Waals surface area contributed by atoms with Gasteiger partial charge in [-0.1, -0.05) is 18.2 Å². The summed E-state index contributed by atoms with van der Waals surface area (Å²) in [5, 5.41) is 3.02. The zero-order valence-corrected chi connectivity index (χ0v) is 16.1. The fourth-order valence-electron chi connectivity index (χ4n) is 3.84. The van der Waals surface area contributed by atoms with Gasteiger partial charge in [-0.2, -0.15) is 0 Å². The molecule has 1 aromatic heterocycles. The highest BCUT2D eigenvalue weighted by Gasteiger charge is 2.32. The Kier molecular flexibility index (Phi) is 5.38. The zero-order chi connectivity index (χ0) is 18.6. The van der Waals surface area contributed by atoms with Crippen LogP contribution in [0.1, 0.15) is 23.2 Å². The number of hydrogen-bond donors (Lipinski definition) is 0. The molecule has 1 aromatic carbocycles. The highest BCUT2D eigenvalue weighted by molar-refractivity contribution is 7.13. The number of piperidine rings is 1. The van der Waals surface area contributed by atoms with E-state index in [2.05, 4.69) is 9.88 Å². The van der Waals surface area contributed by atoms with Crippen molar-refractivity contribution in [2.75, 3.05) is 44.2 Å². The maximum Gasteiger partial charge on any atom is 0.253 e. The predicted molar refractivity (Wildman–Crippen MR) is 106 cm³/mol. The van der Waals surface area contributed by atoms with Crippen LogP contribution in [0.4, 0.5) is 5.13 Å². The predicted octanol–water partition coefficient (Wildman–Crippen LogP) is 2.34. The Morgan fingerprint density at radius 2 is 1.63 bits per heavy atom. The van der Waals surface area contributed by atoms with E-state index in [1.54, 1.807) is 11.3 Å². The summed E-state index contributed by atoms with van der Waals surface area (Å²) in [6.45, 7) is 4.49. The van der Waals surface area contributed by atoms with E-state index in [1.807, 2.05) is 51.7 Å². The minimum Gasteiger partial charge on any atom is -0.345 e. The summed E-state index contributed by atoms with van der Waals surface area (Å²) in [5.74, 6) is 0.357. The maximum absolute atomic E-state index is 12.9. The number of nitrogens with zero attached hydrogens (tertiary/aromatic N) is 4. The van der Waals surface area contributed by atoms with Gasteiger partial charge in [-0.15, -0.1) is 11.3 Å². The van der Waals surface area contributed by atoms with Gasteiger partial charge in [-0.3, -0.25) is 9.59 Å². The second-order valence-electron chi connectivity index (χ2n) is 7.06. The molecule has 0 atom stereocenters. The summed E-state index contributed by atoms with van der Waals surface area (Å²) < 4.78 is 0. The van der Waals surface area contributed by atoms with Gasteiger partial charge < -0.3 is 14.7 Å². The van der Waals surface area contributed by atoms with Crippen molar-refractivity contribution in [3.8, 4) is 0 Å². The van der Waals surface area contributed by atoms with Gasteiger partial charge >= 0.3 is 0 Å². The first-order chi connectivity index (χ1) is 13.2. The molecule has 142 valence electrons. The lowest BCUT2D eigenvalue weighted by Crippen LogP contribution is -2.52. The molecule has 2 fully saturated rings. The molecular formula is C20H24N4O2S. The molecule has 2 aromatic rings. The van der Waals surface area contributed by atoms with Gasteiger partial charge in [0.1, 0.15) is 0 Å². The molecule has 2 amide bonds. The number of benzene rings is 1. The average Bonchev–Trinajstić information content (AvgIpc) is 3.28. The van der Waals surface area contributed by atoms with Crippen molar-refractivity contribution in [2.24, 2.45) is 5.92 Å². The molecule has 0 radical (unpaired) electrons. The number of aromatic nitrogens is 1. The number of anilines is 1. The number of thiazole rings is 1. The van der Waals surface area contributed by atoms with Crippen LogP contribution < -0.4 is 4.90 Å². The molecule has 0 spiro atoms. The lowest BCUT2D eigenvalue weighted by molar-refractivity contribution is -0.137. The van der Waals surface area contributed by atoms with E-state index in [-0.39, 0.29) is 17.7 Å². The number of amides is 2. The van der Waals surface area contributed by atoms with Crippen LogP contribution in [0.2, 0.25) is 0 Å². The summed E-state index contributed by atoms with van der Waals surface area (Å²) in [7, 11) is 0. The average molecular weight is 385 g/mol. The Hall–Kier alpha value is -2.41. The lowest BCUT2D eigenvalue weighted by Gasteiger charge is -2.38. The molecular weight excluding hydrogens is 360 g/mol. The second kappa shape index (κ2) is 8.08. The first-order valence-electron chi connectivity index (χ1n) is 9.50. The fourth-order valence-corrected chi connectivity index (χ4v) is 4.54. The zero-order valence-electron chi connectivity index (χ0n) is 15.3. The number of likely N-dealkylation sites (tertiary alicyclic amines) is 1. The molecule has 0 bridgehead atoms. The minimum atomic E-state index is 0.0382. The Morgan fingerprint density at radius 1 is 0.926 bits per heavy atom. The molecule has 0 aliphatic carbocycles. The van der Waals surface area contributed by atoms with Crippen LogP contribution in [0, 0.1) is 5.92 Å². The number of rotatable bonds is 3. The first kappa shape index (κ1) is 18.0. The van der Waals surface area contributed by atoms with Crippen LogP contribution in [0.25, 0.3) is 0 Å². The fraction of sp³-hybridized carbons (Fsp3) is 0.450. The summed E-state index contributed by atoms with van der Waals surface area (Å²) in [4.78, 5) is 35.9. The Balaban J connectivity index is 1.27. The Labute approximate surface area is 163 Å². The van der Waals surface area contributed by atoms with Crippen LogP contribution >= 0.6 is 11.3 Å². The molecule has 6 nitrogen and oxygen atoms in total. The van der Waals surface area contributed by atoms with Crippen molar-refractivity contribution in [1.82, 2.24) is 14.8 Å². The molecule has 2 aliphatic heterocycles. The van der Waals surface area contributed by atoms with E-state index in [0.717, 1.165) is 49.7 Å². The van der Waals surface area contributed by atoms with E-state index in [0.29, 0.717) is 13.1 Å². The molecule has 27 heavy (non-hydrogen) atoms. The maximum atomic E-state index is 12.9. The van der Waals surface area contributed by atoms with Crippen molar-refractivity contribution in [1.29, 1.82) is 0 Å². The molecule has 4 rings (SSSR count).